The van der Waals surface area contributed by atoms with Crippen molar-refractivity contribution in [2.24, 2.45) is 35.0 Å². The number of aliphatic hydroxyl groups is 4. The van der Waals surface area contributed by atoms with Crippen LogP contribution < -0.4 is 0 Å². The van der Waals surface area contributed by atoms with E-state index in [1.165, 1.54) is 19.9 Å². The quantitative estimate of drug-likeness (QED) is 0.291. The van der Waals surface area contributed by atoms with E-state index >= 15 is 0 Å². The Balaban J connectivity index is 1.74. The molecule has 0 aromatic rings. The third-order valence-electron chi connectivity index (χ3n) is 10.6. The van der Waals surface area contributed by atoms with E-state index in [1.807, 2.05) is 20.8 Å². The van der Waals surface area contributed by atoms with Crippen LogP contribution in [-0.2, 0) is 28.6 Å². The molecule has 4 fully saturated rings. The van der Waals surface area contributed by atoms with Crippen LogP contribution in [0.15, 0.2) is 11.6 Å². The largest absolute Gasteiger partial charge is 0.458 e. The van der Waals surface area contributed by atoms with Crippen molar-refractivity contribution >= 4 is 17.7 Å². The average molecular weight is 523 g/mol. The fourth-order valence-electron chi connectivity index (χ4n) is 8.29. The Labute approximate surface area is 216 Å². The van der Waals surface area contributed by atoms with Crippen molar-refractivity contribution < 1.29 is 49.0 Å². The number of rotatable bonds is 5. The summed E-state index contributed by atoms with van der Waals surface area (Å²) in [6.45, 7) is 10.9. The Hall–Kier alpha value is -1.85. The van der Waals surface area contributed by atoms with E-state index in [4.69, 9.17) is 14.2 Å². The predicted molar refractivity (Wildman–Crippen MR) is 127 cm³/mol. The van der Waals surface area contributed by atoms with Crippen molar-refractivity contribution in [1.82, 2.24) is 0 Å². The van der Waals surface area contributed by atoms with Gasteiger partial charge in [0.05, 0.1) is 24.2 Å². The van der Waals surface area contributed by atoms with E-state index < -0.39 is 100 Å². The summed E-state index contributed by atoms with van der Waals surface area (Å²) in [5, 5.41) is 46.7. The summed E-state index contributed by atoms with van der Waals surface area (Å²) in [6.07, 6.45) is -1.88. The van der Waals surface area contributed by atoms with Crippen LogP contribution in [-0.4, -0.2) is 85.5 Å². The lowest BCUT2D eigenvalue weighted by Gasteiger charge is -2.54. The topological polar surface area (TPSA) is 163 Å². The van der Waals surface area contributed by atoms with Gasteiger partial charge in [-0.25, -0.2) is 0 Å². The number of aliphatic hydroxyl groups excluding tert-OH is 2. The van der Waals surface area contributed by atoms with Gasteiger partial charge in [-0.1, -0.05) is 40.7 Å². The second-order valence-electron chi connectivity index (χ2n) is 12.5. The monoisotopic (exact) mass is 522 g/mol. The number of Topliss-reactive ketones (excluding diaryl/α,β-unsaturated/α-hetero) is 1. The van der Waals surface area contributed by atoms with Crippen LogP contribution in [0.1, 0.15) is 54.9 Å². The zero-order valence-corrected chi connectivity index (χ0v) is 22.3. The second kappa shape index (κ2) is 7.63. The van der Waals surface area contributed by atoms with Crippen molar-refractivity contribution in [3.05, 3.63) is 11.6 Å². The van der Waals surface area contributed by atoms with Gasteiger partial charge in [-0.05, 0) is 18.9 Å². The molecule has 12 atom stereocenters. The number of ketones is 1. The molecule has 37 heavy (non-hydrogen) atoms. The van der Waals surface area contributed by atoms with Crippen molar-refractivity contribution in [1.29, 1.82) is 0 Å². The number of epoxide rings is 1. The van der Waals surface area contributed by atoms with Crippen molar-refractivity contribution in [3.63, 3.8) is 0 Å². The standard InChI is InChI=1S/C27H38O10/c1-8-11(2)21(32)36-27-17(23(27,6)7)16-19(31)24(10-28)22(37-24)26(34)15(9-12(3)18(26)30)25(16,33)13(4)20(27)35-14(5)29/h9,11,13,15-17,19-20,22,28,31,33-34H,8,10H2,1-7H3. The van der Waals surface area contributed by atoms with Crippen LogP contribution in [0.25, 0.3) is 0 Å². The number of carbonyl (C=O) groups excluding carboxylic acids is 3. The maximum absolute atomic E-state index is 13.3. The molecule has 3 saturated carbocycles. The van der Waals surface area contributed by atoms with E-state index in [0.29, 0.717) is 6.42 Å². The van der Waals surface area contributed by atoms with Gasteiger partial charge in [0.25, 0.3) is 0 Å². The molecule has 1 heterocycles. The first-order valence-electron chi connectivity index (χ1n) is 13.1. The first-order valence-corrected chi connectivity index (χ1v) is 13.1. The van der Waals surface area contributed by atoms with E-state index in [0.717, 1.165) is 0 Å². The van der Waals surface area contributed by atoms with E-state index in [1.54, 1.807) is 13.8 Å². The molecule has 1 aliphatic heterocycles. The summed E-state index contributed by atoms with van der Waals surface area (Å²) < 4.78 is 17.8. The maximum Gasteiger partial charge on any atom is 0.309 e. The summed E-state index contributed by atoms with van der Waals surface area (Å²) in [5.74, 6) is -6.27. The first kappa shape index (κ1) is 26.7. The smallest absolute Gasteiger partial charge is 0.309 e. The SMILES string of the molecule is CCC(C)C(=O)OC12C(OC(C)=O)C(C)C3(O)C(C(O)C4(CO)OC4C4(O)C(=O)C(C)=CC43)C1C2(C)C. The molecule has 0 aromatic carbocycles. The highest BCUT2D eigenvalue weighted by Gasteiger charge is 2.92. The molecule has 206 valence electrons. The Morgan fingerprint density at radius 1 is 1.24 bits per heavy atom. The molecule has 5 rings (SSSR count). The molecule has 4 N–H and O–H groups in total. The Bertz CT molecular complexity index is 1100. The Kier molecular flexibility index (Phi) is 5.51. The molecular formula is C27H38O10. The zero-order valence-electron chi connectivity index (χ0n) is 22.3. The molecule has 4 aliphatic carbocycles. The first-order chi connectivity index (χ1) is 17.0. The molecule has 10 heteroatoms. The van der Waals surface area contributed by atoms with Crippen molar-refractivity contribution in [2.45, 2.75) is 95.6 Å². The van der Waals surface area contributed by atoms with Gasteiger partial charge in [0.2, 0.25) is 0 Å². The third kappa shape index (κ3) is 2.81. The summed E-state index contributed by atoms with van der Waals surface area (Å²) >= 11 is 0. The molecular weight excluding hydrogens is 484 g/mol. The van der Waals surface area contributed by atoms with Crippen LogP contribution in [0.5, 0.6) is 0 Å². The molecule has 5 aliphatic rings. The minimum Gasteiger partial charge on any atom is -0.458 e. The summed E-state index contributed by atoms with van der Waals surface area (Å²) in [5.41, 5.74) is -7.95. The lowest BCUT2D eigenvalue weighted by atomic mass is 9.58. The van der Waals surface area contributed by atoms with Gasteiger partial charge in [0, 0.05) is 36.0 Å². The number of ether oxygens (including phenoxy) is 3. The average Bonchev–Trinajstić information content (AvgIpc) is 3.67. The van der Waals surface area contributed by atoms with E-state index in [2.05, 4.69) is 0 Å². The number of fused-ring (bicyclic) bond motifs is 7. The summed E-state index contributed by atoms with van der Waals surface area (Å²) in [7, 11) is 0. The van der Waals surface area contributed by atoms with Crippen LogP contribution in [0.2, 0.25) is 0 Å². The van der Waals surface area contributed by atoms with Crippen LogP contribution in [0, 0.1) is 35.0 Å². The Morgan fingerprint density at radius 2 is 1.86 bits per heavy atom. The summed E-state index contributed by atoms with van der Waals surface area (Å²) in [6, 6.07) is 0. The molecule has 12 unspecified atom stereocenters. The minimum absolute atomic E-state index is 0.227. The highest BCUT2D eigenvalue weighted by Crippen LogP contribution is 2.79. The van der Waals surface area contributed by atoms with Gasteiger partial charge in [-0.15, -0.1) is 0 Å². The molecule has 0 spiro atoms. The highest BCUT2D eigenvalue weighted by atomic mass is 16.7. The maximum atomic E-state index is 13.3. The lowest BCUT2D eigenvalue weighted by molar-refractivity contribution is -0.250. The summed E-state index contributed by atoms with van der Waals surface area (Å²) in [4.78, 5) is 38.8. The van der Waals surface area contributed by atoms with Crippen molar-refractivity contribution in [3.8, 4) is 0 Å². The molecule has 0 radical (unpaired) electrons. The van der Waals surface area contributed by atoms with Gasteiger partial charge < -0.3 is 34.6 Å². The van der Waals surface area contributed by atoms with E-state index in [9.17, 15) is 34.8 Å². The van der Waals surface area contributed by atoms with Crippen LogP contribution >= 0.6 is 0 Å². The molecule has 0 bridgehead atoms. The number of esters is 2. The van der Waals surface area contributed by atoms with Crippen LogP contribution in [0.4, 0.5) is 0 Å². The van der Waals surface area contributed by atoms with Gasteiger partial charge in [0.1, 0.15) is 17.8 Å². The van der Waals surface area contributed by atoms with Gasteiger partial charge in [-0.2, -0.15) is 0 Å². The predicted octanol–water partition coefficient (Wildman–Crippen LogP) is 0.280. The Morgan fingerprint density at radius 3 is 2.41 bits per heavy atom. The minimum atomic E-state index is -2.24. The van der Waals surface area contributed by atoms with Gasteiger partial charge in [-0.3, -0.25) is 14.4 Å². The highest BCUT2D eigenvalue weighted by molar-refractivity contribution is 6.05. The number of hydrogen-bond acceptors (Lipinski definition) is 10. The normalized spacial score (nSPS) is 51.4. The van der Waals surface area contributed by atoms with Gasteiger partial charge in [0.15, 0.2) is 17.0 Å². The second-order valence-corrected chi connectivity index (χ2v) is 12.5. The third-order valence-corrected chi connectivity index (χ3v) is 10.6. The fraction of sp³-hybridized carbons (Fsp3) is 0.815. The van der Waals surface area contributed by atoms with Gasteiger partial charge >= 0.3 is 11.9 Å². The molecule has 0 amide bonds. The number of carbonyl (C=O) groups is 3. The van der Waals surface area contributed by atoms with Crippen molar-refractivity contribution in [2.75, 3.05) is 6.61 Å². The zero-order chi connectivity index (χ0) is 27.7. The lowest BCUT2D eigenvalue weighted by Crippen LogP contribution is -2.69. The van der Waals surface area contributed by atoms with E-state index in [-0.39, 0.29) is 5.57 Å². The fourth-order valence-corrected chi connectivity index (χ4v) is 8.29. The molecule has 10 nitrogen and oxygen atoms in total. The molecule has 1 saturated heterocycles. The van der Waals surface area contributed by atoms with Crippen LogP contribution in [0.3, 0.4) is 0 Å². The molecule has 0 aromatic heterocycles. The number of hydrogen-bond donors (Lipinski definition) is 4.